The largest absolute Gasteiger partial charge is 0.459 e. The normalized spacial score (nSPS) is 21.3. The molecule has 0 saturated carbocycles. The van der Waals surface area contributed by atoms with E-state index in [0.717, 1.165) is 0 Å². The second-order valence-electron chi connectivity index (χ2n) is 10.9. The summed E-state index contributed by atoms with van der Waals surface area (Å²) in [6.07, 6.45) is 0.495. The molecule has 2 rings (SSSR count). The second kappa shape index (κ2) is 11.9. The lowest BCUT2D eigenvalue weighted by atomic mass is 10.0. The number of ether oxygens (including phenoxy) is 4. The fourth-order valence-corrected chi connectivity index (χ4v) is 5.07. The summed E-state index contributed by atoms with van der Waals surface area (Å²) in [7, 11) is -0.642. The van der Waals surface area contributed by atoms with Gasteiger partial charge in [-0.3, -0.25) is 4.79 Å². The van der Waals surface area contributed by atoms with Crippen LogP contribution >= 0.6 is 0 Å². The molecule has 0 aromatic heterocycles. The van der Waals surface area contributed by atoms with Crippen molar-refractivity contribution in [2.45, 2.75) is 96.1 Å². The Morgan fingerprint density at radius 3 is 2.29 bits per heavy atom. The molecule has 0 spiro atoms. The van der Waals surface area contributed by atoms with Crippen LogP contribution in [0.15, 0.2) is 30.3 Å². The highest BCUT2D eigenvalue weighted by Crippen LogP contribution is 2.39. The van der Waals surface area contributed by atoms with E-state index in [1.54, 1.807) is 12.1 Å². The van der Waals surface area contributed by atoms with Gasteiger partial charge in [0.1, 0.15) is 13.2 Å². The zero-order chi connectivity index (χ0) is 25.6. The number of hydrogen-bond donors (Lipinski definition) is 0. The Morgan fingerprint density at radius 2 is 1.71 bits per heavy atom. The minimum Gasteiger partial charge on any atom is -0.459 e. The highest BCUT2D eigenvalue weighted by molar-refractivity contribution is 6.74. The van der Waals surface area contributed by atoms with Gasteiger partial charge in [-0.05, 0) is 50.5 Å². The average molecular weight is 495 g/mol. The van der Waals surface area contributed by atoms with E-state index in [-0.39, 0.29) is 48.3 Å². The first kappa shape index (κ1) is 28.7. The van der Waals surface area contributed by atoms with Crippen molar-refractivity contribution in [1.29, 1.82) is 0 Å². The van der Waals surface area contributed by atoms with Crippen molar-refractivity contribution in [3.63, 3.8) is 0 Å². The molecule has 0 N–H and O–H groups in total. The average Bonchev–Trinajstić information content (AvgIpc) is 3.03. The lowest BCUT2D eigenvalue weighted by Gasteiger charge is -2.39. The number of carbonyl (C=O) groups excluding carboxylic acids is 2. The van der Waals surface area contributed by atoms with Crippen molar-refractivity contribution < 1.29 is 33.0 Å². The molecule has 8 heteroatoms. The van der Waals surface area contributed by atoms with Gasteiger partial charge in [-0.15, -0.1) is 0 Å². The van der Waals surface area contributed by atoms with Gasteiger partial charge in [-0.1, -0.05) is 39.0 Å². The maximum Gasteiger partial charge on any atom is 0.338 e. The Balaban J connectivity index is 2.14. The molecule has 7 nitrogen and oxygen atoms in total. The van der Waals surface area contributed by atoms with Crippen molar-refractivity contribution >= 4 is 20.1 Å². The molecule has 0 radical (unpaired) electrons. The number of carbonyl (C=O) groups is 2. The minimum atomic E-state index is -2.15. The molecular formula is C26H42O7Si. The smallest absolute Gasteiger partial charge is 0.338 e. The first-order valence-corrected chi connectivity index (χ1v) is 14.9. The van der Waals surface area contributed by atoms with Crippen LogP contribution in [0.3, 0.4) is 0 Å². The molecule has 1 heterocycles. The highest BCUT2D eigenvalue weighted by atomic mass is 28.4. The summed E-state index contributed by atoms with van der Waals surface area (Å²) in [6, 6.07) is 8.94. The van der Waals surface area contributed by atoms with Gasteiger partial charge in [0.2, 0.25) is 0 Å². The van der Waals surface area contributed by atoms with Crippen LogP contribution in [-0.4, -0.2) is 64.5 Å². The topological polar surface area (TPSA) is 80.3 Å². The third kappa shape index (κ3) is 8.57. The zero-order valence-corrected chi connectivity index (χ0v) is 23.0. The van der Waals surface area contributed by atoms with Crippen LogP contribution in [0, 0.1) is 0 Å². The van der Waals surface area contributed by atoms with Crippen LogP contribution in [0.4, 0.5) is 0 Å². The van der Waals surface area contributed by atoms with Gasteiger partial charge in [0.25, 0.3) is 0 Å². The predicted molar refractivity (Wildman–Crippen MR) is 133 cm³/mol. The molecule has 0 amide bonds. The Morgan fingerprint density at radius 1 is 1.09 bits per heavy atom. The first-order valence-electron chi connectivity index (χ1n) is 12.0. The molecule has 3 atom stereocenters. The molecule has 34 heavy (non-hydrogen) atoms. The molecule has 1 aliphatic heterocycles. The van der Waals surface area contributed by atoms with Crippen LogP contribution in [0.1, 0.15) is 64.2 Å². The fraction of sp³-hybridized carbons (Fsp3) is 0.692. The number of benzene rings is 1. The van der Waals surface area contributed by atoms with Gasteiger partial charge in [0.15, 0.2) is 19.9 Å². The van der Waals surface area contributed by atoms with Crippen molar-refractivity contribution in [2.24, 2.45) is 0 Å². The molecule has 1 aromatic carbocycles. The summed E-state index contributed by atoms with van der Waals surface area (Å²) in [6.45, 7) is 14.8. The van der Waals surface area contributed by atoms with E-state index in [0.29, 0.717) is 24.8 Å². The predicted octanol–water partition coefficient (Wildman–Crippen LogP) is 5.14. The summed E-state index contributed by atoms with van der Waals surface area (Å²) in [5.74, 6) is -1.11. The fourth-order valence-electron chi connectivity index (χ4n) is 3.72. The Hall–Kier alpha value is -1.58. The van der Waals surface area contributed by atoms with E-state index in [2.05, 4.69) is 33.9 Å². The summed E-state index contributed by atoms with van der Waals surface area (Å²) < 4.78 is 29.6. The van der Waals surface area contributed by atoms with Crippen LogP contribution in [0.25, 0.3) is 0 Å². The van der Waals surface area contributed by atoms with Crippen molar-refractivity contribution in [3.8, 4) is 0 Å². The molecule has 192 valence electrons. The van der Waals surface area contributed by atoms with E-state index in [9.17, 15) is 9.59 Å². The van der Waals surface area contributed by atoms with Gasteiger partial charge in [0, 0.05) is 20.0 Å². The zero-order valence-electron chi connectivity index (χ0n) is 22.0. The Kier molecular flexibility index (Phi) is 10.0. The third-order valence-corrected chi connectivity index (χ3v) is 11.0. The van der Waals surface area contributed by atoms with Crippen molar-refractivity contribution in [3.05, 3.63) is 35.9 Å². The van der Waals surface area contributed by atoms with Crippen LogP contribution in [0.5, 0.6) is 0 Å². The lowest BCUT2D eigenvalue weighted by Crippen LogP contribution is -2.46. The summed E-state index contributed by atoms with van der Waals surface area (Å²) >= 11 is 0. The molecule has 1 aliphatic rings. The van der Waals surface area contributed by atoms with Crippen LogP contribution in [0.2, 0.25) is 18.1 Å². The third-order valence-electron chi connectivity index (χ3n) is 6.47. The lowest BCUT2D eigenvalue weighted by molar-refractivity contribution is -0.149. The number of rotatable bonds is 12. The van der Waals surface area contributed by atoms with E-state index in [1.807, 2.05) is 32.0 Å². The molecule has 0 unspecified atom stereocenters. The summed E-state index contributed by atoms with van der Waals surface area (Å²) in [4.78, 5) is 24.6. The monoisotopic (exact) mass is 494 g/mol. The highest BCUT2D eigenvalue weighted by Gasteiger charge is 2.45. The van der Waals surface area contributed by atoms with Crippen molar-refractivity contribution in [2.75, 3.05) is 20.3 Å². The molecule has 1 fully saturated rings. The van der Waals surface area contributed by atoms with E-state index >= 15 is 0 Å². The number of hydrogen-bond acceptors (Lipinski definition) is 7. The van der Waals surface area contributed by atoms with E-state index in [1.165, 1.54) is 7.11 Å². The number of methoxy groups -OCH3 is 1. The summed E-state index contributed by atoms with van der Waals surface area (Å²) in [5.41, 5.74) is 0.504. The maximum atomic E-state index is 12.6. The van der Waals surface area contributed by atoms with Crippen molar-refractivity contribution in [1.82, 2.24) is 0 Å². The van der Waals surface area contributed by atoms with Gasteiger partial charge in [0.05, 0.1) is 23.9 Å². The van der Waals surface area contributed by atoms with Gasteiger partial charge in [-0.2, -0.15) is 0 Å². The van der Waals surface area contributed by atoms with Gasteiger partial charge >= 0.3 is 5.97 Å². The Labute approximate surface area is 205 Å². The number of Topliss-reactive ketones (excluding diaryl/α,β-unsaturated/α-hetero) is 1. The standard InChI is InChI=1S/C26H42O7Si/c1-25(2,3)34(7,8)33-21(18-30-24(28)19-12-10-9-11-13-19)16-23-22(31-26(4,5)32-23)15-14-20(27)17-29-6/h9-13,21-23H,14-18H2,1-8H3/t21-,22+,23-/m0/s1. The van der Waals surface area contributed by atoms with E-state index < -0.39 is 14.1 Å². The SMILES string of the molecule is COCC(=O)CC[C@H]1OC(C)(C)O[C@H]1C[C@@H](COC(=O)c1ccccc1)O[Si](C)(C)C(C)(C)C. The minimum absolute atomic E-state index is 0.00698. The molecule has 0 bridgehead atoms. The molecule has 1 aromatic rings. The first-order chi connectivity index (χ1) is 15.7. The Bertz CT molecular complexity index is 801. The number of esters is 1. The molecular weight excluding hydrogens is 452 g/mol. The van der Waals surface area contributed by atoms with Crippen LogP contribution < -0.4 is 0 Å². The maximum absolute atomic E-state index is 12.6. The number of ketones is 1. The molecule has 1 saturated heterocycles. The van der Waals surface area contributed by atoms with Gasteiger partial charge in [-0.25, -0.2) is 4.79 Å². The van der Waals surface area contributed by atoms with Gasteiger partial charge < -0.3 is 23.4 Å². The second-order valence-corrected chi connectivity index (χ2v) is 15.7. The molecule has 0 aliphatic carbocycles. The summed E-state index contributed by atoms with van der Waals surface area (Å²) in [5, 5.41) is -0.00698. The van der Waals surface area contributed by atoms with Crippen LogP contribution in [-0.2, 0) is 28.2 Å². The quantitative estimate of drug-likeness (QED) is 0.294. The van der Waals surface area contributed by atoms with E-state index in [4.69, 9.17) is 23.4 Å².